The highest BCUT2D eigenvalue weighted by atomic mass is 35.5. The largest absolute Gasteiger partial charge is 0.451 e. The molecule has 1 aliphatic rings. The molecule has 2 aromatic heterocycles. The van der Waals surface area contributed by atoms with Gasteiger partial charge in [-0.15, -0.1) is 12.4 Å². The first-order chi connectivity index (χ1) is 12.7. The van der Waals surface area contributed by atoms with E-state index in [4.69, 9.17) is 11.6 Å². The third kappa shape index (κ3) is 5.27. The molecule has 12 heteroatoms. The first kappa shape index (κ1) is 22.3. The minimum atomic E-state index is -4.63. The molecule has 1 fully saturated rings. The summed E-state index contributed by atoms with van der Waals surface area (Å²) in [6, 6.07) is 0.914. The van der Waals surface area contributed by atoms with Crippen LogP contribution in [0.4, 0.5) is 17.6 Å². The maximum atomic E-state index is 13.1. The third-order valence-corrected chi connectivity index (χ3v) is 4.32. The molecule has 3 heterocycles. The van der Waals surface area contributed by atoms with Gasteiger partial charge in [0.1, 0.15) is 6.17 Å². The Hall–Kier alpha value is -2.04. The van der Waals surface area contributed by atoms with E-state index in [9.17, 15) is 22.4 Å². The molecule has 1 amide bonds. The molecule has 2 aromatic rings. The van der Waals surface area contributed by atoms with Gasteiger partial charge in [-0.25, -0.2) is 14.4 Å². The Labute approximate surface area is 168 Å². The average Bonchev–Trinajstić information content (AvgIpc) is 3.07. The number of amides is 1. The summed E-state index contributed by atoms with van der Waals surface area (Å²) in [5, 5.41) is 5.69. The van der Waals surface area contributed by atoms with Crippen molar-refractivity contribution in [1.29, 1.82) is 0 Å². The maximum absolute atomic E-state index is 13.1. The summed E-state index contributed by atoms with van der Waals surface area (Å²) in [6.45, 7) is 0.190. The van der Waals surface area contributed by atoms with Crippen LogP contribution in [-0.4, -0.2) is 39.6 Å². The number of carbonyl (C=O) groups excluding carboxylic acids is 1. The SMILES string of the molecule is Cl.O=C(NCc1cc(-c2cnc(C(F)(F)F)nc2)ncc1Cl)[C@H]1C[C@@H](F)CN1. The van der Waals surface area contributed by atoms with Gasteiger partial charge in [0.25, 0.3) is 0 Å². The number of nitrogens with zero attached hydrogens (tertiary/aromatic N) is 3. The number of alkyl halides is 4. The lowest BCUT2D eigenvalue weighted by molar-refractivity contribution is -0.145. The van der Waals surface area contributed by atoms with E-state index < -0.39 is 24.2 Å². The van der Waals surface area contributed by atoms with Crippen molar-refractivity contribution in [2.75, 3.05) is 6.54 Å². The summed E-state index contributed by atoms with van der Waals surface area (Å²) in [4.78, 5) is 22.7. The zero-order valence-electron chi connectivity index (χ0n) is 14.1. The molecular weight excluding hydrogens is 425 g/mol. The van der Waals surface area contributed by atoms with Gasteiger partial charge in [0.15, 0.2) is 0 Å². The van der Waals surface area contributed by atoms with E-state index in [1.807, 2.05) is 0 Å². The Morgan fingerprint density at radius 3 is 2.50 bits per heavy atom. The van der Waals surface area contributed by atoms with Crippen molar-refractivity contribution in [3.63, 3.8) is 0 Å². The summed E-state index contributed by atoms with van der Waals surface area (Å²) < 4.78 is 50.8. The molecule has 1 saturated heterocycles. The Balaban J connectivity index is 0.00000280. The second-order valence-electron chi connectivity index (χ2n) is 5.97. The number of pyridine rings is 1. The second-order valence-corrected chi connectivity index (χ2v) is 6.37. The Bertz CT molecular complexity index is 835. The first-order valence-electron chi connectivity index (χ1n) is 7.93. The van der Waals surface area contributed by atoms with Gasteiger partial charge in [-0.3, -0.25) is 9.78 Å². The van der Waals surface area contributed by atoms with Gasteiger partial charge in [0, 0.05) is 43.7 Å². The van der Waals surface area contributed by atoms with E-state index in [2.05, 4.69) is 25.6 Å². The van der Waals surface area contributed by atoms with Crippen molar-refractivity contribution in [3.05, 3.63) is 41.1 Å². The Kier molecular flexibility index (Phi) is 7.13. The fourth-order valence-electron chi connectivity index (χ4n) is 2.58. The number of hydrogen-bond donors (Lipinski definition) is 2. The van der Waals surface area contributed by atoms with E-state index in [-0.39, 0.29) is 48.4 Å². The summed E-state index contributed by atoms with van der Waals surface area (Å²) in [7, 11) is 0. The maximum Gasteiger partial charge on any atom is 0.451 e. The van der Waals surface area contributed by atoms with Crippen molar-refractivity contribution >= 4 is 29.9 Å². The summed E-state index contributed by atoms with van der Waals surface area (Å²) in [5.41, 5.74) is 1.08. The molecule has 0 spiro atoms. The van der Waals surface area contributed by atoms with Gasteiger partial charge < -0.3 is 10.6 Å². The molecule has 2 N–H and O–H groups in total. The zero-order chi connectivity index (χ0) is 19.6. The van der Waals surface area contributed by atoms with E-state index in [1.165, 1.54) is 12.3 Å². The van der Waals surface area contributed by atoms with Crippen molar-refractivity contribution in [2.45, 2.75) is 31.4 Å². The van der Waals surface area contributed by atoms with Gasteiger partial charge in [-0.1, -0.05) is 11.6 Å². The third-order valence-electron chi connectivity index (χ3n) is 3.98. The van der Waals surface area contributed by atoms with Gasteiger partial charge >= 0.3 is 6.18 Å². The normalized spacial score (nSPS) is 19.2. The van der Waals surface area contributed by atoms with Crippen LogP contribution in [-0.2, 0) is 17.5 Å². The van der Waals surface area contributed by atoms with Gasteiger partial charge in [-0.2, -0.15) is 13.2 Å². The fraction of sp³-hybridized carbons (Fsp3) is 0.375. The van der Waals surface area contributed by atoms with Crippen LogP contribution in [0.2, 0.25) is 5.02 Å². The van der Waals surface area contributed by atoms with Crippen molar-refractivity contribution < 1.29 is 22.4 Å². The van der Waals surface area contributed by atoms with Crippen LogP contribution in [0.3, 0.4) is 0 Å². The van der Waals surface area contributed by atoms with Crippen LogP contribution in [0.1, 0.15) is 17.8 Å². The summed E-state index contributed by atoms with van der Waals surface area (Å²) in [6.07, 6.45) is -2.24. The first-order valence-corrected chi connectivity index (χ1v) is 8.31. The highest BCUT2D eigenvalue weighted by Crippen LogP contribution is 2.27. The molecule has 0 aliphatic carbocycles. The molecule has 1 aliphatic heterocycles. The monoisotopic (exact) mass is 439 g/mol. The van der Waals surface area contributed by atoms with E-state index in [1.54, 1.807) is 0 Å². The molecule has 0 saturated carbocycles. The minimum absolute atomic E-state index is 0. The van der Waals surface area contributed by atoms with Crippen LogP contribution in [0.15, 0.2) is 24.7 Å². The molecule has 3 rings (SSSR count). The molecular formula is C16H15Cl2F4N5O. The highest BCUT2D eigenvalue weighted by Gasteiger charge is 2.34. The number of rotatable bonds is 4. The van der Waals surface area contributed by atoms with Crippen LogP contribution >= 0.6 is 24.0 Å². The Morgan fingerprint density at radius 2 is 1.93 bits per heavy atom. The fourth-order valence-corrected chi connectivity index (χ4v) is 2.75. The quantitative estimate of drug-likeness (QED) is 0.715. The van der Waals surface area contributed by atoms with Crippen LogP contribution in [0, 0.1) is 0 Å². The molecule has 2 atom stereocenters. The average molecular weight is 440 g/mol. The number of aromatic nitrogens is 3. The predicted octanol–water partition coefficient (Wildman–Crippen LogP) is 2.95. The van der Waals surface area contributed by atoms with Crippen LogP contribution in [0.5, 0.6) is 0 Å². The number of carbonyl (C=O) groups is 1. The molecule has 0 bridgehead atoms. The number of nitrogens with one attached hydrogen (secondary N) is 2. The highest BCUT2D eigenvalue weighted by molar-refractivity contribution is 6.31. The van der Waals surface area contributed by atoms with Crippen molar-refractivity contribution in [3.8, 4) is 11.3 Å². The number of halogens is 6. The lowest BCUT2D eigenvalue weighted by Crippen LogP contribution is -2.40. The molecule has 0 aromatic carbocycles. The Morgan fingerprint density at radius 1 is 1.25 bits per heavy atom. The van der Waals surface area contributed by atoms with E-state index >= 15 is 0 Å². The number of hydrogen-bond acceptors (Lipinski definition) is 5. The smallest absolute Gasteiger partial charge is 0.351 e. The standard InChI is InChI=1S/C16H14ClF4N5O.ClH/c17-11-7-23-12(9-4-25-15(26-5-9)16(19,20)21)1-8(11)3-24-14(27)13-2-10(18)6-22-13;/h1,4-5,7,10,13,22H,2-3,6H2,(H,24,27);1H/t10-,13-;/m1./s1. The molecule has 152 valence electrons. The van der Waals surface area contributed by atoms with E-state index in [0.717, 1.165) is 12.4 Å². The lowest BCUT2D eigenvalue weighted by atomic mass is 10.1. The molecule has 6 nitrogen and oxygen atoms in total. The summed E-state index contributed by atoms with van der Waals surface area (Å²) in [5.74, 6) is -1.61. The van der Waals surface area contributed by atoms with Gasteiger partial charge in [0.05, 0.1) is 16.8 Å². The van der Waals surface area contributed by atoms with E-state index in [0.29, 0.717) is 11.3 Å². The molecule has 28 heavy (non-hydrogen) atoms. The van der Waals surface area contributed by atoms with Crippen LogP contribution in [0.25, 0.3) is 11.3 Å². The van der Waals surface area contributed by atoms with Gasteiger partial charge in [-0.05, 0) is 11.6 Å². The molecule has 0 radical (unpaired) electrons. The minimum Gasteiger partial charge on any atom is -0.351 e. The lowest BCUT2D eigenvalue weighted by Gasteiger charge is -2.12. The van der Waals surface area contributed by atoms with Gasteiger partial charge in [0.2, 0.25) is 11.7 Å². The molecule has 0 unspecified atom stereocenters. The second kappa shape index (κ2) is 8.97. The van der Waals surface area contributed by atoms with Crippen LogP contribution < -0.4 is 10.6 Å². The topological polar surface area (TPSA) is 79.8 Å². The van der Waals surface area contributed by atoms with Crippen molar-refractivity contribution in [2.24, 2.45) is 0 Å². The zero-order valence-corrected chi connectivity index (χ0v) is 15.7. The summed E-state index contributed by atoms with van der Waals surface area (Å²) >= 11 is 6.07. The van der Waals surface area contributed by atoms with Crippen molar-refractivity contribution in [1.82, 2.24) is 25.6 Å². The predicted molar refractivity (Wildman–Crippen MR) is 95.7 cm³/mol.